The van der Waals surface area contributed by atoms with Crippen LogP contribution < -0.4 is 5.32 Å². The van der Waals surface area contributed by atoms with Crippen LogP contribution in [-0.4, -0.2) is 65.4 Å². The summed E-state index contributed by atoms with van der Waals surface area (Å²) in [7, 11) is 0. The van der Waals surface area contributed by atoms with E-state index in [1.807, 2.05) is 17.3 Å². The largest absolute Gasteiger partial charge is 0.357 e. The van der Waals surface area contributed by atoms with E-state index in [9.17, 15) is 4.79 Å². The van der Waals surface area contributed by atoms with Crippen LogP contribution in [0.3, 0.4) is 0 Å². The van der Waals surface area contributed by atoms with Crippen molar-refractivity contribution in [2.75, 3.05) is 32.7 Å². The lowest BCUT2D eigenvalue weighted by molar-refractivity contribution is -0.135. The van der Waals surface area contributed by atoms with Crippen LogP contribution in [0.4, 0.5) is 0 Å². The summed E-state index contributed by atoms with van der Waals surface area (Å²) in [6.45, 7) is 7.78. The predicted octanol–water partition coefficient (Wildman–Crippen LogP) is 1.20. The third kappa shape index (κ3) is 4.04. The first-order valence-corrected chi connectivity index (χ1v) is 8.91. The molecular weight excluding hydrogens is 302 g/mol. The molecule has 0 radical (unpaired) electrons. The van der Waals surface area contributed by atoms with Crippen LogP contribution in [0.2, 0.25) is 0 Å². The molecule has 0 atom stereocenters. The Morgan fingerprint density at radius 3 is 2.92 bits per heavy atom. The van der Waals surface area contributed by atoms with E-state index in [0.29, 0.717) is 19.1 Å². The summed E-state index contributed by atoms with van der Waals surface area (Å²) >= 11 is 0. The van der Waals surface area contributed by atoms with Crippen molar-refractivity contribution in [1.29, 1.82) is 0 Å². The number of aliphatic imine (C=N–C) groups is 1. The van der Waals surface area contributed by atoms with Gasteiger partial charge in [-0.3, -0.25) is 14.8 Å². The first-order chi connectivity index (χ1) is 11.7. The van der Waals surface area contributed by atoms with Crippen molar-refractivity contribution in [3.8, 4) is 0 Å². The van der Waals surface area contributed by atoms with Crippen molar-refractivity contribution >= 4 is 11.9 Å². The van der Waals surface area contributed by atoms with Crippen molar-refractivity contribution in [1.82, 2.24) is 20.1 Å². The molecule has 1 aliphatic carbocycles. The van der Waals surface area contributed by atoms with Gasteiger partial charge in [-0.2, -0.15) is 0 Å². The standard InChI is InChI=1S/C18H27N5O/c1-3-20-18(21-9-7-15-6-8-19-12-14(15)2)22-10-11-23(16-4-5-16)17(24)13-22/h6,8,12,16H,3-5,7,9-11,13H2,1-2H3,(H,20,21). The average Bonchev–Trinajstić information content (AvgIpc) is 3.40. The topological polar surface area (TPSA) is 60.8 Å². The maximum absolute atomic E-state index is 12.3. The van der Waals surface area contributed by atoms with Gasteiger partial charge in [-0.15, -0.1) is 0 Å². The highest BCUT2D eigenvalue weighted by atomic mass is 16.2. The van der Waals surface area contributed by atoms with E-state index >= 15 is 0 Å². The number of pyridine rings is 1. The first-order valence-electron chi connectivity index (χ1n) is 8.91. The Morgan fingerprint density at radius 2 is 2.25 bits per heavy atom. The monoisotopic (exact) mass is 329 g/mol. The molecule has 0 spiro atoms. The number of guanidine groups is 1. The molecule has 6 heteroatoms. The maximum Gasteiger partial charge on any atom is 0.242 e. The van der Waals surface area contributed by atoms with Crippen LogP contribution >= 0.6 is 0 Å². The summed E-state index contributed by atoms with van der Waals surface area (Å²) in [5, 5.41) is 3.33. The second kappa shape index (κ2) is 7.64. The zero-order chi connectivity index (χ0) is 16.9. The molecule has 0 aromatic carbocycles. The lowest BCUT2D eigenvalue weighted by atomic mass is 10.1. The molecule has 0 unspecified atom stereocenters. The normalized spacial score (nSPS) is 18.9. The van der Waals surface area contributed by atoms with E-state index in [4.69, 9.17) is 4.99 Å². The lowest BCUT2D eigenvalue weighted by Crippen LogP contribution is -2.55. The number of rotatable bonds is 5. The quantitative estimate of drug-likeness (QED) is 0.651. The van der Waals surface area contributed by atoms with Gasteiger partial charge in [0.25, 0.3) is 0 Å². The number of nitrogens with zero attached hydrogens (tertiary/aromatic N) is 4. The maximum atomic E-state index is 12.3. The van der Waals surface area contributed by atoms with E-state index in [0.717, 1.165) is 32.0 Å². The Morgan fingerprint density at radius 1 is 1.42 bits per heavy atom. The minimum absolute atomic E-state index is 0.235. The molecule has 0 bridgehead atoms. The fourth-order valence-electron chi connectivity index (χ4n) is 3.13. The molecular formula is C18H27N5O. The summed E-state index contributed by atoms with van der Waals surface area (Å²) in [6.07, 6.45) is 6.95. The molecule has 1 aromatic heterocycles. The average molecular weight is 329 g/mol. The van der Waals surface area contributed by atoms with Gasteiger partial charge in [-0.1, -0.05) is 0 Å². The molecule has 1 N–H and O–H groups in total. The van der Waals surface area contributed by atoms with Gasteiger partial charge in [-0.25, -0.2) is 0 Å². The number of aromatic nitrogens is 1. The summed E-state index contributed by atoms with van der Waals surface area (Å²) in [5.41, 5.74) is 2.48. The second-order valence-corrected chi connectivity index (χ2v) is 6.53. The molecule has 6 nitrogen and oxygen atoms in total. The second-order valence-electron chi connectivity index (χ2n) is 6.53. The summed E-state index contributed by atoms with van der Waals surface area (Å²) < 4.78 is 0. The Balaban J connectivity index is 1.59. The van der Waals surface area contributed by atoms with Crippen LogP contribution in [0.25, 0.3) is 0 Å². The highest BCUT2D eigenvalue weighted by Gasteiger charge is 2.36. The lowest BCUT2D eigenvalue weighted by Gasteiger charge is -2.36. The summed E-state index contributed by atoms with van der Waals surface area (Å²) in [5.74, 6) is 1.09. The van der Waals surface area contributed by atoms with E-state index in [-0.39, 0.29) is 5.91 Å². The van der Waals surface area contributed by atoms with Crippen LogP contribution in [-0.2, 0) is 11.2 Å². The molecule has 130 valence electrons. The zero-order valence-corrected chi connectivity index (χ0v) is 14.7. The minimum Gasteiger partial charge on any atom is -0.357 e. The number of hydrogen-bond donors (Lipinski definition) is 1. The van der Waals surface area contributed by atoms with Crippen molar-refractivity contribution in [2.24, 2.45) is 4.99 Å². The Hall–Kier alpha value is -2.11. The third-order valence-corrected chi connectivity index (χ3v) is 4.66. The zero-order valence-electron chi connectivity index (χ0n) is 14.7. The Kier molecular flexibility index (Phi) is 5.33. The number of hydrogen-bond acceptors (Lipinski definition) is 3. The predicted molar refractivity (Wildman–Crippen MR) is 95.0 cm³/mol. The van der Waals surface area contributed by atoms with Gasteiger partial charge in [0.1, 0.15) is 0 Å². The number of nitrogens with one attached hydrogen (secondary N) is 1. The van der Waals surface area contributed by atoms with Crippen LogP contribution in [0.5, 0.6) is 0 Å². The fourth-order valence-corrected chi connectivity index (χ4v) is 3.13. The molecule has 1 aromatic rings. The summed E-state index contributed by atoms with van der Waals surface area (Å²) in [6, 6.07) is 2.56. The highest BCUT2D eigenvalue weighted by Crippen LogP contribution is 2.28. The van der Waals surface area contributed by atoms with Gasteiger partial charge >= 0.3 is 0 Å². The van der Waals surface area contributed by atoms with Crippen molar-refractivity contribution in [2.45, 2.75) is 39.2 Å². The Labute approximate surface area is 144 Å². The van der Waals surface area contributed by atoms with Crippen LogP contribution in [0.15, 0.2) is 23.5 Å². The van der Waals surface area contributed by atoms with Gasteiger partial charge in [0, 0.05) is 44.6 Å². The molecule has 3 rings (SSSR count). The van der Waals surface area contributed by atoms with E-state index in [1.54, 1.807) is 0 Å². The summed E-state index contributed by atoms with van der Waals surface area (Å²) in [4.78, 5) is 25.3. The molecule has 24 heavy (non-hydrogen) atoms. The molecule has 2 heterocycles. The van der Waals surface area contributed by atoms with Gasteiger partial charge < -0.3 is 15.1 Å². The van der Waals surface area contributed by atoms with Crippen molar-refractivity contribution in [3.05, 3.63) is 29.6 Å². The third-order valence-electron chi connectivity index (χ3n) is 4.66. The van der Waals surface area contributed by atoms with Gasteiger partial charge in [-0.05, 0) is 50.3 Å². The molecule has 1 aliphatic heterocycles. The van der Waals surface area contributed by atoms with Gasteiger partial charge in [0.15, 0.2) is 5.96 Å². The van der Waals surface area contributed by atoms with E-state index < -0.39 is 0 Å². The minimum atomic E-state index is 0.235. The number of carbonyl (C=O) groups excluding carboxylic acids is 1. The van der Waals surface area contributed by atoms with Gasteiger partial charge in [0.05, 0.1) is 6.54 Å². The number of amides is 1. The molecule has 1 saturated heterocycles. The number of carbonyl (C=O) groups is 1. The number of aryl methyl sites for hydroxylation is 1. The first kappa shape index (κ1) is 16.7. The highest BCUT2D eigenvalue weighted by molar-refractivity contribution is 5.88. The molecule has 2 aliphatic rings. The SMILES string of the molecule is CCNC(=NCCc1ccncc1C)N1CCN(C2CC2)C(=O)C1. The van der Waals surface area contributed by atoms with Crippen LogP contribution in [0, 0.1) is 6.92 Å². The van der Waals surface area contributed by atoms with E-state index in [1.165, 1.54) is 24.0 Å². The van der Waals surface area contributed by atoms with Crippen LogP contribution in [0.1, 0.15) is 30.9 Å². The number of piperazine rings is 1. The molecule has 1 saturated carbocycles. The Bertz CT molecular complexity index is 611. The molecule has 2 fully saturated rings. The molecule has 1 amide bonds. The van der Waals surface area contributed by atoms with E-state index in [2.05, 4.69) is 35.1 Å². The van der Waals surface area contributed by atoms with Crippen molar-refractivity contribution in [3.63, 3.8) is 0 Å². The van der Waals surface area contributed by atoms with Gasteiger partial charge in [0.2, 0.25) is 5.91 Å². The smallest absolute Gasteiger partial charge is 0.242 e. The fraction of sp³-hybridized carbons (Fsp3) is 0.611. The van der Waals surface area contributed by atoms with Crippen molar-refractivity contribution < 1.29 is 4.79 Å².